The van der Waals surface area contributed by atoms with Crippen LogP contribution in [0, 0.1) is 11.8 Å². The van der Waals surface area contributed by atoms with Crippen molar-refractivity contribution in [3.63, 3.8) is 0 Å². The molecule has 0 saturated heterocycles. The molecule has 1 aromatic heterocycles. The molecule has 0 saturated carbocycles. The third-order valence-electron chi connectivity index (χ3n) is 4.44. The van der Waals surface area contributed by atoms with E-state index in [1.54, 1.807) is 6.20 Å². The van der Waals surface area contributed by atoms with E-state index in [-0.39, 0.29) is 0 Å². The van der Waals surface area contributed by atoms with Gasteiger partial charge in [-0.25, -0.2) is 0 Å². The molecule has 120 valence electrons. The van der Waals surface area contributed by atoms with E-state index in [0.29, 0.717) is 0 Å². The molecule has 1 nitrogen and oxygen atoms in total. The molecule has 0 aliphatic carbocycles. The standard InChI is InChI=1S/C5H2F2N.3C4H9.Sn/c6-4-2-1-3-8-5(4)7;3*1-3-4-2;/h2-3H;3*1,3-4H2,2H3;. The average Bonchev–Trinajstić information content (AvgIpc) is 2.50. The topological polar surface area (TPSA) is 12.9 Å². The average molecular weight is 404 g/mol. The summed E-state index contributed by atoms with van der Waals surface area (Å²) in [5.74, 6) is -1.72. The summed E-state index contributed by atoms with van der Waals surface area (Å²) in [6.07, 6.45) is 8.80. The van der Waals surface area contributed by atoms with E-state index in [4.69, 9.17) is 0 Å². The van der Waals surface area contributed by atoms with Gasteiger partial charge in [0.15, 0.2) is 0 Å². The summed E-state index contributed by atoms with van der Waals surface area (Å²) in [6.45, 7) is 6.62. The number of unbranched alkanes of at least 4 members (excludes halogenated alkanes) is 3. The van der Waals surface area contributed by atoms with Gasteiger partial charge in [-0.2, -0.15) is 0 Å². The van der Waals surface area contributed by atoms with Gasteiger partial charge in [0.1, 0.15) is 0 Å². The van der Waals surface area contributed by atoms with Crippen LogP contribution in [0.15, 0.2) is 12.3 Å². The number of pyridine rings is 1. The van der Waals surface area contributed by atoms with Crippen molar-refractivity contribution in [3.8, 4) is 0 Å². The second kappa shape index (κ2) is 9.75. The predicted molar refractivity (Wildman–Crippen MR) is 88.7 cm³/mol. The molecule has 0 radical (unpaired) electrons. The van der Waals surface area contributed by atoms with Crippen LogP contribution >= 0.6 is 0 Å². The third kappa shape index (κ3) is 5.50. The molecule has 0 aromatic carbocycles. The quantitative estimate of drug-likeness (QED) is 0.375. The van der Waals surface area contributed by atoms with Crippen LogP contribution < -0.4 is 3.58 Å². The Morgan fingerprint density at radius 2 is 1.38 bits per heavy atom. The molecule has 1 heterocycles. The van der Waals surface area contributed by atoms with Crippen LogP contribution in [0.25, 0.3) is 0 Å². The molecule has 0 unspecified atom stereocenters. The predicted octanol–water partition coefficient (Wildman–Crippen LogP) is 5.42. The molecule has 0 N–H and O–H groups in total. The van der Waals surface area contributed by atoms with Crippen LogP contribution in [0.3, 0.4) is 0 Å². The van der Waals surface area contributed by atoms with Crippen molar-refractivity contribution in [2.24, 2.45) is 0 Å². The van der Waals surface area contributed by atoms with Crippen LogP contribution in [-0.2, 0) is 0 Å². The molecule has 0 aliphatic rings. The second-order valence-electron chi connectivity index (χ2n) is 6.09. The summed E-state index contributed by atoms with van der Waals surface area (Å²) in [5, 5.41) is 0. The van der Waals surface area contributed by atoms with Gasteiger partial charge in [0.05, 0.1) is 0 Å². The van der Waals surface area contributed by atoms with Gasteiger partial charge in [-0.3, -0.25) is 0 Å². The Bertz CT molecular complexity index is 401. The van der Waals surface area contributed by atoms with Crippen LogP contribution in [-0.4, -0.2) is 23.4 Å². The number of hydrogen-bond donors (Lipinski definition) is 0. The Morgan fingerprint density at radius 1 is 0.905 bits per heavy atom. The van der Waals surface area contributed by atoms with Gasteiger partial charge in [0.2, 0.25) is 0 Å². The van der Waals surface area contributed by atoms with E-state index < -0.39 is 30.1 Å². The summed E-state index contributed by atoms with van der Waals surface area (Å²) < 4.78 is 31.7. The summed E-state index contributed by atoms with van der Waals surface area (Å²) >= 11 is -2.64. The van der Waals surface area contributed by atoms with Crippen LogP contribution in [0.2, 0.25) is 13.3 Å². The van der Waals surface area contributed by atoms with E-state index in [1.165, 1.54) is 57.9 Å². The Morgan fingerprint density at radius 3 is 1.76 bits per heavy atom. The van der Waals surface area contributed by atoms with E-state index in [1.807, 2.05) is 0 Å². The molecule has 0 bridgehead atoms. The fraction of sp³-hybridized carbons (Fsp3) is 0.706. The zero-order valence-electron chi connectivity index (χ0n) is 13.7. The molecule has 0 aliphatic heterocycles. The first-order chi connectivity index (χ1) is 10.1. The summed E-state index contributed by atoms with van der Waals surface area (Å²) in [7, 11) is 0. The zero-order chi connectivity index (χ0) is 15.7. The SMILES string of the molecule is CCC[CH2][Sn]([CH2]CCC)([CH2]CCC)[c]1cnc(F)c(F)c1. The maximum atomic E-state index is 13.7. The van der Waals surface area contributed by atoms with E-state index in [9.17, 15) is 8.78 Å². The molecule has 4 heteroatoms. The summed E-state index contributed by atoms with van der Waals surface area (Å²) in [4.78, 5) is 3.68. The van der Waals surface area contributed by atoms with Crippen LogP contribution in [0.4, 0.5) is 8.78 Å². The van der Waals surface area contributed by atoms with E-state index in [0.717, 1.165) is 3.58 Å². The molecule has 0 amide bonds. The van der Waals surface area contributed by atoms with Gasteiger partial charge in [0, 0.05) is 0 Å². The monoisotopic (exact) mass is 405 g/mol. The minimum atomic E-state index is -2.64. The van der Waals surface area contributed by atoms with Gasteiger partial charge >= 0.3 is 132 Å². The van der Waals surface area contributed by atoms with Crippen molar-refractivity contribution in [2.75, 3.05) is 0 Å². The van der Waals surface area contributed by atoms with Crippen molar-refractivity contribution >= 4 is 22.0 Å². The van der Waals surface area contributed by atoms with E-state index in [2.05, 4.69) is 25.8 Å². The molecule has 21 heavy (non-hydrogen) atoms. The van der Waals surface area contributed by atoms with Gasteiger partial charge in [0.25, 0.3) is 0 Å². The van der Waals surface area contributed by atoms with Crippen LogP contribution in [0.5, 0.6) is 0 Å². The first-order valence-electron chi connectivity index (χ1n) is 8.41. The molecule has 1 rings (SSSR count). The number of aromatic nitrogens is 1. The second-order valence-corrected chi connectivity index (χ2v) is 19.3. The number of halogens is 2. The molecule has 0 atom stereocenters. The molecular formula is C17H29F2NSn. The number of hydrogen-bond acceptors (Lipinski definition) is 1. The molecular weight excluding hydrogens is 375 g/mol. The van der Waals surface area contributed by atoms with Crippen molar-refractivity contribution in [1.29, 1.82) is 0 Å². The van der Waals surface area contributed by atoms with Gasteiger partial charge in [-0.15, -0.1) is 0 Å². The van der Waals surface area contributed by atoms with E-state index >= 15 is 0 Å². The Kier molecular flexibility index (Phi) is 8.76. The van der Waals surface area contributed by atoms with Crippen molar-refractivity contribution in [2.45, 2.75) is 72.6 Å². The fourth-order valence-corrected chi connectivity index (χ4v) is 18.7. The molecule has 0 spiro atoms. The van der Waals surface area contributed by atoms with Crippen LogP contribution in [0.1, 0.15) is 59.3 Å². The van der Waals surface area contributed by atoms with Crippen molar-refractivity contribution < 1.29 is 8.78 Å². The maximum absolute atomic E-state index is 13.7. The fourth-order valence-electron chi connectivity index (χ4n) is 3.06. The number of rotatable bonds is 10. The minimum absolute atomic E-state index is 0.766. The first kappa shape index (κ1) is 18.9. The van der Waals surface area contributed by atoms with Crippen molar-refractivity contribution in [3.05, 3.63) is 24.0 Å². The Hall–Kier alpha value is -0.191. The van der Waals surface area contributed by atoms with Gasteiger partial charge < -0.3 is 0 Å². The third-order valence-corrected chi connectivity index (χ3v) is 19.9. The van der Waals surface area contributed by atoms with Gasteiger partial charge in [-0.05, 0) is 0 Å². The number of nitrogens with zero attached hydrogens (tertiary/aromatic N) is 1. The van der Waals surface area contributed by atoms with Crippen molar-refractivity contribution in [1.82, 2.24) is 4.98 Å². The zero-order valence-corrected chi connectivity index (χ0v) is 16.6. The Labute approximate surface area is 132 Å². The first-order valence-corrected chi connectivity index (χ1v) is 15.9. The Balaban J connectivity index is 3.12. The normalized spacial score (nSPS) is 11.9. The molecule has 0 fully saturated rings. The summed E-state index contributed by atoms with van der Waals surface area (Å²) in [6, 6.07) is 1.47. The van der Waals surface area contributed by atoms with Gasteiger partial charge in [-0.1, -0.05) is 0 Å². The summed E-state index contributed by atoms with van der Waals surface area (Å²) in [5.41, 5.74) is 0. The molecule has 1 aromatic rings.